The normalized spacial score (nSPS) is 13.5. The van der Waals surface area contributed by atoms with Crippen molar-refractivity contribution in [2.45, 2.75) is 59.8 Å². The zero-order valence-corrected chi connectivity index (χ0v) is 21.5. The second kappa shape index (κ2) is 10.2. The topological polar surface area (TPSA) is 92.9 Å². The van der Waals surface area contributed by atoms with Gasteiger partial charge in [-0.05, 0) is 75.7 Å². The van der Waals surface area contributed by atoms with Gasteiger partial charge in [0.25, 0.3) is 5.56 Å². The molecule has 0 bridgehead atoms. The van der Waals surface area contributed by atoms with Crippen molar-refractivity contribution in [1.82, 2.24) is 34.5 Å². The number of rotatable bonds is 8. The zero-order valence-electron chi connectivity index (χ0n) is 21.5. The Morgan fingerprint density at radius 2 is 2.00 bits per heavy atom. The molecule has 188 valence electrons. The van der Waals surface area contributed by atoms with E-state index in [1.807, 2.05) is 29.8 Å². The molecule has 0 radical (unpaired) electrons. The molecule has 0 atom stereocenters. The van der Waals surface area contributed by atoms with Crippen LogP contribution in [0, 0.1) is 0 Å². The lowest BCUT2D eigenvalue weighted by Gasteiger charge is -2.24. The monoisotopic (exact) mass is 486 g/mol. The molecular formula is C27H34N8O. The summed E-state index contributed by atoms with van der Waals surface area (Å²) in [6.07, 6.45) is 2.64. The summed E-state index contributed by atoms with van der Waals surface area (Å²) >= 11 is 0. The maximum Gasteiger partial charge on any atom is 0.278 e. The number of hydrogen-bond donors (Lipinski definition) is 2. The predicted octanol–water partition coefficient (Wildman–Crippen LogP) is 3.62. The number of fused-ring (bicyclic) bond motifs is 2. The highest BCUT2D eigenvalue weighted by Crippen LogP contribution is 2.22. The molecule has 0 amide bonds. The lowest BCUT2D eigenvalue weighted by atomic mass is 10.0. The van der Waals surface area contributed by atoms with Gasteiger partial charge in [0.2, 0.25) is 5.95 Å². The first-order chi connectivity index (χ1) is 17.5. The van der Waals surface area contributed by atoms with Gasteiger partial charge >= 0.3 is 0 Å². The Hall–Kier alpha value is -3.56. The van der Waals surface area contributed by atoms with E-state index in [1.165, 1.54) is 11.1 Å². The fraction of sp³-hybridized carbons (Fsp3) is 0.407. The zero-order chi connectivity index (χ0) is 25.2. The van der Waals surface area contributed by atoms with E-state index in [9.17, 15) is 4.79 Å². The van der Waals surface area contributed by atoms with Gasteiger partial charge in [-0.15, -0.1) is 0 Å². The quantitative estimate of drug-likeness (QED) is 0.393. The highest BCUT2D eigenvalue weighted by molar-refractivity contribution is 5.77. The number of benzene rings is 1. The average molecular weight is 487 g/mol. The molecule has 4 aromatic rings. The predicted molar refractivity (Wildman–Crippen MR) is 143 cm³/mol. The molecule has 0 saturated carbocycles. The first-order valence-electron chi connectivity index (χ1n) is 12.8. The van der Waals surface area contributed by atoms with E-state index < -0.39 is 0 Å². The minimum Gasteiger partial charge on any atom is -0.324 e. The van der Waals surface area contributed by atoms with Crippen molar-refractivity contribution in [2.24, 2.45) is 0 Å². The van der Waals surface area contributed by atoms with Crippen molar-refractivity contribution < 1.29 is 0 Å². The number of aromatic nitrogens is 5. The van der Waals surface area contributed by atoms with E-state index in [2.05, 4.69) is 59.5 Å². The molecule has 2 N–H and O–H groups in total. The molecule has 4 heterocycles. The molecule has 3 aromatic heterocycles. The van der Waals surface area contributed by atoms with Gasteiger partial charge in [-0.2, -0.15) is 4.98 Å². The summed E-state index contributed by atoms with van der Waals surface area (Å²) in [5, 5.41) is 7.21. The van der Waals surface area contributed by atoms with E-state index in [1.54, 1.807) is 10.9 Å². The highest BCUT2D eigenvalue weighted by atomic mass is 16.1. The largest absolute Gasteiger partial charge is 0.324 e. The molecule has 9 nitrogen and oxygen atoms in total. The summed E-state index contributed by atoms with van der Waals surface area (Å²) in [6.45, 7) is 12.5. The third-order valence-electron chi connectivity index (χ3n) is 6.83. The number of nitrogens with one attached hydrogen (secondary N) is 2. The Bertz CT molecular complexity index is 1440. The number of hydrogen-bond acceptors (Lipinski definition) is 7. The molecule has 1 aliphatic rings. The highest BCUT2D eigenvalue weighted by Gasteiger charge is 2.19. The van der Waals surface area contributed by atoms with E-state index >= 15 is 0 Å². The minimum atomic E-state index is -0.122. The van der Waals surface area contributed by atoms with Gasteiger partial charge in [-0.1, -0.05) is 19.1 Å². The van der Waals surface area contributed by atoms with E-state index in [-0.39, 0.29) is 5.56 Å². The van der Waals surface area contributed by atoms with E-state index in [4.69, 9.17) is 9.97 Å². The Morgan fingerprint density at radius 1 is 1.14 bits per heavy atom. The fourth-order valence-corrected chi connectivity index (χ4v) is 4.83. The van der Waals surface area contributed by atoms with Crippen molar-refractivity contribution in [2.75, 3.05) is 18.4 Å². The third kappa shape index (κ3) is 4.64. The summed E-state index contributed by atoms with van der Waals surface area (Å²) < 4.78 is 3.48. The summed E-state index contributed by atoms with van der Waals surface area (Å²) in [5.74, 6) is 1.12. The molecule has 5 rings (SSSR count). The van der Waals surface area contributed by atoms with Crippen LogP contribution in [0.5, 0.6) is 0 Å². The first kappa shape index (κ1) is 24.1. The van der Waals surface area contributed by atoms with Crippen molar-refractivity contribution >= 4 is 22.7 Å². The molecule has 36 heavy (non-hydrogen) atoms. The van der Waals surface area contributed by atoms with Crippen molar-refractivity contribution in [3.63, 3.8) is 0 Å². The lowest BCUT2D eigenvalue weighted by Crippen LogP contribution is -2.30. The SMILES string of the molecule is CCN(Cc1cccc(-n2c3nc(Nc4ccc5c(c4)CNCC5)ncc3c(=O)n2CC)n1)C(C)C. The van der Waals surface area contributed by atoms with Gasteiger partial charge in [0.15, 0.2) is 11.5 Å². The van der Waals surface area contributed by atoms with Gasteiger partial charge in [0, 0.05) is 37.6 Å². The summed E-state index contributed by atoms with van der Waals surface area (Å²) in [5.41, 5.74) is 4.95. The van der Waals surface area contributed by atoms with Crippen molar-refractivity contribution in [1.29, 1.82) is 0 Å². The van der Waals surface area contributed by atoms with Crippen LogP contribution in [0.25, 0.3) is 16.9 Å². The maximum absolute atomic E-state index is 13.2. The molecule has 9 heteroatoms. The van der Waals surface area contributed by atoms with Crippen LogP contribution < -0.4 is 16.2 Å². The molecular weight excluding hydrogens is 452 g/mol. The van der Waals surface area contributed by atoms with Crippen LogP contribution in [-0.2, 0) is 26.1 Å². The second-order valence-corrected chi connectivity index (χ2v) is 9.44. The molecule has 1 aliphatic heterocycles. The van der Waals surface area contributed by atoms with E-state index in [0.29, 0.717) is 35.4 Å². The number of nitrogens with zero attached hydrogens (tertiary/aromatic N) is 6. The Balaban J connectivity index is 1.54. The van der Waals surface area contributed by atoms with Gasteiger partial charge in [-0.3, -0.25) is 9.69 Å². The molecule has 0 fully saturated rings. The van der Waals surface area contributed by atoms with Gasteiger partial charge < -0.3 is 10.6 Å². The second-order valence-electron chi connectivity index (χ2n) is 9.44. The summed E-state index contributed by atoms with van der Waals surface area (Å²) in [7, 11) is 0. The Kier molecular flexibility index (Phi) is 6.84. The van der Waals surface area contributed by atoms with Gasteiger partial charge in [-0.25, -0.2) is 19.3 Å². The van der Waals surface area contributed by atoms with Gasteiger partial charge in [0.1, 0.15) is 5.39 Å². The number of anilines is 2. The maximum atomic E-state index is 13.2. The Morgan fingerprint density at radius 3 is 2.78 bits per heavy atom. The minimum absolute atomic E-state index is 0.122. The van der Waals surface area contributed by atoms with Crippen LogP contribution >= 0.6 is 0 Å². The molecule has 1 aromatic carbocycles. The lowest BCUT2D eigenvalue weighted by molar-refractivity contribution is 0.222. The first-order valence-corrected chi connectivity index (χ1v) is 12.8. The number of pyridine rings is 1. The summed E-state index contributed by atoms with van der Waals surface area (Å²) in [6, 6.07) is 12.7. The molecule has 0 spiro atoms. The van der Waals surface area contributed by atoms with Crippen molar-refractivity contribution in [3.05, 3.63) is 69.8 Å². The van der Waals surface area contributed by atoms with Crippen LogP contribution in [0.2, 0.25) is 0 Å². The van der Waals surface area contributed by atoms with Crippen LogP contribution in [-0.4, -0.2) is 48.3 Å². The molecule has 0 unspecified atom stereocenters. The van der Waals surface area contributed by atoms with Crippen molar-refractivity contribution in [3.8, 4) is 5.82 Å². The van der Waals surface area contributed by atoms with Crippen LogP contribution in [0.4, 0.5) is 11.6 Å². The standard InChI is InChI=1S/C27H34N8O/c1-5-33(18(3)4)17-22-8-7-9-24(30-22)35-25-23(26(36)34(35)6-2)16-29-27(32-25)31-21-11-10-19-12-13-28-15-20(19)14-21/h7-11,14,16,18,28H,5-6,12-13,15,17H2,1-4H3,(H,29,31,32). The average Bonchev–Trinajstić information content (AvgIpc) is 3.18. The molecule has 0 saturated heterocycles. The fourth-order valence-electron chi connectivity index (χ4n) is 4.83. The summed E-state index contributed by atoms with van der Waals surface area (Å²) in [4.78, 5) is 29.7. The third-order valence-corrected chi connectivity index (χ3v) is 6.83. The smallest absolute Gasteiger partial charge is 0.278 e. The van der Waals surface area contributed by atoms with Gasteiger partial charge in [0.05, 0.1) is 5.69 Å². The van der Waals surface area contributed by atoms with E-state index in [0.717, 1.165) is 44.0 Å². The molecule has 0 aliphatic carbocycles. The Labute approximate surface area is 211 Å². The van der Waals surface area contributed by atoms with Crippen LogP contribution in [0.15, 0.2) is 47.4 Å². The van der Waals surface area contributed by atoms with Crippen LogP contribution in [0.3, 0.4) is 0 Å². The van der Waals surface area contributed by atoms with Crippen LogP contribution in [0.1, 0.15) is 44.5 Å².